The van der Waals surface area contributed by atoms with E-state index in [-0.39, 0.29) is 17.4 Å². The molecule has 0 spiro atoms. The van der Waals surface area contributed by atoms with Crippen LogP contribution in [-0.4, -0.2) is 17.9 Å². The van der Waals surface area contributed by atoms with E-state index >= 15 is 0 Å². The van der Waals surface area contributed by atoms with Gasteiger partial charge in [0.2, 0.25) is 0 Å². The lowest BCUT2D eigenvalue weighted by atomic mass is 9.84. The van der Waals surface area contributed by atoms with E-state index in [4.69, 9.17) is 10.5 Å². The van der Waals surface area contributed by atoms with Crippen LogP contribution in [0.5, 0.6) is 11.5 Å². The van der Waals surface area contributed by atoms with E-state index < -0.39 is 0 Å². The number of rotatable bonds is 3. The molecule has 4 rings (SSSR count). The van der Waals surface area contributed by atoms with Gasteiger partial charge in [0, 0.05) is 29.7 Å². The molecule has 0 aromatic heterocycles. The molecule has 0 fully saturated rings. The van der Waals surface area contributed by atoms with E-state index in [2.05, 4.69) is 10.2 Å². The van der Waals surface area contributed by atoms with Crippen molar-refractivity contribution in [3.8, 4) is 11.5 Å². The van der Waals surface area contributed by atoms with Gasteiger partial charge in [0.15, 0.2) is 0 Å². The van der Waals surface area contributed by atoms with Crippen LogP contribution in [0.3, 0.4) is 0 Å². The summed E-state index contributed by atoms with van der Waals surface area (Å²) in [7, 11) is 0. The maximum atomic E-state index is 10.8. The average molecular weight is 335 g/mol. The van der Waals surface area contributed by atoms with Crippen molar-refractivity contribution in [3.05, 3.63) is 64.2 Å². The fourth-order valence-electron chi connectivity index (χ4n) is 3.77. The lowest BCUT2D eigenvalue weighted by molar-refractivity contribution is 0.215. The number of hydrogen-bond donors (Lipinski definition) is 2. The largest absolute Gasteiger partial charge is 0.506 e. The number of phenolic OH excluding ortho intramolecular Hbond substituents is 1. The van der Waals surface area contributed by atoms with Crippen molar-refractivity contribution in [1.82, 2.24) is 0 Å². The smallest absolute Gasteiger partial charge is 0.149 e. The third-order valence-corrected chi connectivity index (χ3v) is 4.83. The second-order valence-corrected chi connectivity index (χ2v) is 6.27. The Morgan fingerprint density at radius 1 is 1.24 bits per heavy atom. The predicted octanol–water partition coefficient (Wildman–Crippen LogP) is 3.66. The molecule has 2 aromatic carbocycles. The number of aliphatic imine (C=N–C) groups is 1. The van der Waals surface area contributed by atoms with Gasteiger partial charge in [0.25, 0.3) is 0 Å². The third kappa shape index (κ3) is 2.55. The predicted molar refractivity (Wildman–Crippen MR) is 96.0 cm³/mol. The van der Waals surface area contributed by atoms with Crippen LogP contribution in [0.1, 0.15) is 22.6 Å². The van der Waals surface area contributed by atoms with Crippen molar-refractivity contribution in [2.45, 2.75) is 12.3 Å². The lowest BCUT2D eigenvalue weighted by Gasteiger charge is -2.29. The van der Waals surface area contributed by atoms with Crippen LogP contribution in [0.25, 0.3) is 0 Å². The van der Waals surface area contributed by atoms with Crippen LogP contribution in [0.4, 0.5) is 11.4 Å². The molecular formula is C19H17N3O3. The highest BCUT2D eigenvalue weighted by atomic mass is 16.5. The second kappa shape index (κ2) is 6.05. The summed E-state index contributed by atoms with van der Waals surface area (Å²) >= 11 is 0. The number of fused-ring (bicyclic) bond motifs is 5. The van der Waals surface area contributed by atoms with Crippen molar-refractivity contribution in [2.24, 2.45) is 21.8 Å². The van der Waals surface area contributed by atoms with Crippen LogP contribution in [0, 0.1) is 10.8 Å². The van der Waals surface area contributed by atoms with Crippen LogP contribution in [0.2, 0.25) is 0 Å². The standard InChI is InChI=1S/C19H17N3O3/c20-4-1-5-21-13-2-3-14-18(8-13)25-10-12-6-11-7-16(22-24)17(23)9-15(11)19(12)14/h1-5,7-9,12,19,23H,6,10,20H2/t12?,19-/m0/s1. The summed E-state index contributed by atoms with van der Waals surface area (Å²) in [6.07, 6.45) is 5.52. The SMILES string of the molecule is NC=CC=Nc1ccc2c(c1)OCC1Cc3cc(N=O)c(O)cc3[C@H]21. The highest BCUT2D eigenvalue weighted by Gasteiger charge is 2.39. The molecule has 2 aliphatic rings. The van der Waals surface area contributed by atoms with E-state index in [0.29, 0.717) is 12.5 Å². The summed E-state index contributed by atoms with van der Waals surface area (Å²) in [5.74, 6) is 1.17. The number of aromatic hydroxyl groups is 1. The first kappa shape index (κ1) is 15.4. The minimum atomic E-state index is -0.0720. The molecule has 0 amide bonds. The maximum absolute atomic E-state index is 10.8. The zero-order chi connectivity index (χ0) is 17.4. The van der Waals surface area contributed by atoms with E-state index in [1.807, 2.05) is 18.2 Å². The molecule has 3 N–H and O–H groups in total. The maximum Gasteiger partial charge on any atom is 0.149 e. The number of nitroso groups, excluding NO2 is 1. The summed E-state index contributed by atoms with van der Waals surface area (Å²) < 4.78 is 5.94. The first-order chi connectivity index (χ1) is 12.2. The van der Waals surface area contributed by atoms with Gasteiger partial charge in [-0.05, 0) is 53.2 Å². The Morgan fingerprint density at radius 2 is 2.12 bits per heavy atom. The van der Waals surface area contributed by atoms with Gasteiger partial charge in [0.1, 0.15) is 17.2 Å². The van der Waals surface area contributed by atoms with Crippen LogP contribution in [-0.2, 0) is 6.42 Å². The molecule has 1 aliphatic carbocycles. The van der Waals surface area contributed by atoms with Crippen molar-refractivity contribution >= 4 is 17.6 Å². The summed E-state index contributed by atoms with van der Waals surface area (Å²) in [4.78, 5) is 15.1. The molecule has 1 aliphatic heterocycles. The van der Waals surface area contributed by atoms with Gasteiger partial charge < -0.3 is 15.6 Å². The topological polar surface area (TPSA) is 97.3 Å². The van der Waals surface area contributed by atoms with E-state index in [0.717, 1.165) is 34.5 Å². The Kier molecular flexibility index (Phi) is 3.72. The van der Waals surface area contributed by atoms with Gasteiger partial charge in [-0.25, -0.2) is 0 Å². The number of benzene rings is 2. The highest BCUT2D eigenvalue weighted by molar-refractivity contribution is 5.74. The van der Waals surface area contributed by atoms with Crippen molar-refractivity contribution in [1.29, 1.82) is 0 Å². The third-order valence-electron chi connectivity index (χ3n) is 4.83. The van der Waals surface area contributed by atoms with Crippen LogP contribution < -0.4 is 10.5 Å². The lowest BCUT2D eigenvalue weighted by Crippen LogP contribution is -2.23. The molecule has 25 heavy (non-hydrogen) atoms. The summed E-state index contributed by atoms with van der Waals surface area (Å²) in [6.45, 7) is 0.590. The molecular weight excluding hydrogens is 318 g/mol. The Balaban J connectivity index is 1.75. The zero-order valence-corrected chi connectivity index (χ0v) is 13.4. The number of nitrogens with zero attached hydrogens (tertiary/aromatic N) is 2. The van der Waals surface area contributed by atoms with Crippen molar-refractivity contribution < 1.29 is 9.84 Å². The van der Waals surface area contributed by atoms with Gasteiger partial charge in [-0.15, -0.1) is 4.91 Å². The molecule has 0 saturated heterocycles. The first-order valence-corrected chi connectivity index (χ1v) is 8.08. The minimum absolute atomic E-state index is 0.0720. The van der Waals surface area contributed by atoms with Crippen molar-refractivity contribution in [3.63, 3.8) is 0 Å². The highest BCUT2D eigenvalue weighted by Crippen LogP contribution is 2.51. The van der Waals surface area contributed by atoms with Crippen LogP contribution >= 0.6 is 0 Å². The molecule has 6 nitrogen and oxygen atoms in total. The molecule has 1 heterocycles. The van der Waals surface area contributed by atoms with Gasteiger partial charge >= 0.3 is 0 Å². The second-order valence-electron chi connectivity index (χ2n) is 6.27. The molecule has 1 unspecified atom stereocenters. The fourth-order valence-corrected chi connectivity index (χ4v) is 3.77. The Morgan fingerprint density at radius 3 is 2.92 bits per heavy atom. The van der Waals surface area contributed by atoms with Gasteiger partial charge in [-0.1, -0.05) is 6.07 Å². The Bertz CT molecular complexity index is 905. The van der Waals surface area contributed by atoms with E-state index in [1.165, 1.54) is 6.20 Å². The van der Waals surface area contributed by atoms with E-state index in [9.17, 15) is 10.0 Å². The molecule has 0 bridgehead atoms. The Labute approximate surface area is 144 Å². The molecule has 126 valence electrons. The minimum Gasteiger partial charge on any atom is -0.506 e. The normalized spacial score (nSPS) is 21.0. The number of phenols is 1. The summed E-state index contributed by atoms with van der Waals surface area (Å²) in [6, 6.07) is 9.22. The zero-order valence-electron chi connectivity index (χ0n) is 13.4. The molecule has 6 heteroatoms. The van der Waals surface area contributed by atoms with Gasteiger partial charge in [0.05, 0.1) is 12.3 Å². The first-order valence-electron chi connectivity index (χ1n) is 8.08. The number of ether oxygens (including phenoxy) is 1. The molecule has 2 atom stereocenters. The monoisotopic (exact) mass is 335 g/mol. The quantitative estimate of drug-likeness (QED) is 0.660. The Hall–Kier alpha value is -3.15. The summed E-state index contributed by atoms with van der Waals surface area (Å²) in [5.41, 5.74) is 9.35. The fraction of sp³-hybridized carbons (Fsp3) is 0.211. The number of nitrogens with two attached hydrogens (primary N) is 1. The van der Waals surface area contributed by atoms with E-state index in [1.54, 1.807) is 24.4 Å². The molecule has 2 aromatic rings. The number of hydrogen-bond acceptors (Lipinski definition) is 6. The average Bonchev–Trinajstić information content (AvgIpc) is 2.98. The molecule has 0 saturated carbocycles. The van der Waals surface area contributed by atoms with Crippen molar-refractivity contribution in [2.75, 3.05) is 6.61 Å². The van der Waals surface area contributed by atoms with Gasteiger partial charge in [-0.2, -0.15) is 0 Å². The summed E-state index contributed by atoms with van der Waals surface area (Å²) in [5, 5.41) is 12.9. The molecule has 0 radical (unpaired) electrons. The van der Waals surface area contributed by atoms with Gasteiger partial charge in [-0.3, -0.25) is 4.99 Å². The van der Waals surface area contributed by atoms with Crippen LogP contribution in [0.15, 0.2) is 52.8 Å². The number of allylic oxidation sites excluding steroid dienone is 1.